The number of hydrogen-bond acceptors (Lipinski definition) is 3. The van der Waals surface area contributed by atoms with Crippen LogP contribution in [0.4, 0.5) is 13.2 Å². The van der Waals surface area contributed by atoms with E-state index in [1.165, 1.54) is 6.07 Å². The third-order valence-corrected chi connectivity index (χ3v) is 3.01. The molecule has 4 nitrogen and oxygen atoms in total. The van der Waals surface area contributed by atoms with Crippen molar-refractivity contribution in [2.24, 2.45) is 5.92 Å². The summed E-state index contributed by atoms with van der Waals surface area (Å²) in [5, 5.41) is 2.31. The molecule has 1 fully saturated rings. The number of ketones is 2. The lowest BCUT2D eigenvalue weighted by Gasteiger charge is -2.21. The molecule has 106 valence electrons. The van der Waals surface area contributed by atoms with Crippen molar-refractivity contribution in [2.45, 2.75) is 12.6 Å². The van der Waals surface area contributed by atoms with E-state index < -0.39 is 40.7 Å². The fraction of sp³-hybridized carbons (Fsp3) is 0.308. The molecule has 1 atom stereocenters. The molecule has 1 aromatic carbocycles. The molecule has 0 radical (unpaired) electrons. The molecule has 7 heteroatoms. The van der Waals surface area contributed by atoms with Crippen LogP contribution in [-0.4, -0.2) is 24.0 Å². The van der Waals surface area contributed by atoms with Gasteiger partial charge in [0.15, 0.2) is 17.5 Å². The van der Waals surface area contributed by atoms with Crippen LogP contribution in [0.25, 0.3) is 0 Å². The Bertz CT molecular complexity index is 564. The van der Waals surface area contributed by atoms with Crippen LogP contribution in [0.15, 0.2) is 24.3 Å². The highest BCUT2D eigenvalue weighted by Crippen LogP contribution is 2.33. The van der Waals surface area contributed by atoms with E-state index >= 15 is 0 Å². The second-order valence-corrected chi connectivity index (χ2v) is 4.35. The number of alkyl halides is 3. The first-order valence-electron chi connectivity index (χ1n) is 5.83. The van der Waals surface area contributed by atoms with Gasteiger partial charge in [-0.1, -0.05) is 18.2 Å². The lowest BCUT2D eigenvalue weighted by atomic mass is 9.87. The van der Waals surface area contributed by atoms with Crippen molar-refractivity contribution < 1.29 is 27.6 Å². The molecule has 0 bridgehead atoms. The number of halogens is 3. The molecule has 1 saturated heterocycles. The molecule has 0 saturated carbocycles. The minimum absolute atomic E-state index is 0.0592. The van der Waals surface area contributed by atoms with Crippen LogP contribution in [0.5, 0.6) is 0 Å². The molecule has 0 spiro atoms. The van der Waals surface area contributed by atoms with Crippen LogP contribution < -0.4 is 5.32 Å². The third-order valence-electron chi connectivity index (χ3n) is 3.01. The predicted molar refractivity (Wildman–Crippen MR) is 61.9 cm³/mol. The van der Waals surface area contributed by atoms with Crippen molar-refractivity contribution in [1.29, 1.82) is 0 Å². The van der Waals surface area contributed by atoms with Gasteiger partial charge < -0.3 is 5.32 Å². The Morgan fingerprint density at radius 3 is 2.45 bits per heavy atom. The molecule has 1 N–H and O–H groups in total. The van der Waals surface area contributed by atoms with Crippen molar-refractivity contribution in [3.63, 3.8) is 0 Å². The summed E-state index contributed by atoms with van der Waals surface area (Å²) in [5.74, 6) is -4.30. The quantitative estimate of drug-likeness (QED) is 0.663. The van der Waals surface area contributed by atoms with E-state index in [-0.39, 0.29) is 13.0 Å². The van der Waals surface area contributed by atoms with Crippen LogP contribution in [0.1, 0.15) is 22.3 Å². The van der Waals surface area contributed by atoms with Gasteiger partial charge in [0.25, 0.3) is 0 Å². The summed E-state index contributed by atoms with van der Waals surface area (Å²) in [4.78, 5) is 35.3. The lowest BCUT2D eigenvalue weighted by Crippen LogP contribution is -2.46. The minimum atomic E-state index is -4.72. The Hall–Kier alpha value is -2.18. The standard InChI is InChI=1S/C13H10F3NO3/c14-13(15,16)8-4-2-1-3-7(8)11(19)10-9(18)5-6-17-12(10)20/h1-4,10H,5-6H2,(H,17,20). The van der Waals surface area contributed by atoms with E-state index in [9.17, 15) is 27.6 Å². The van der Waals surface area contributed by atoms with Crippen LogP contribution in [-0.2, 0) is 15.8 Å². The number of Topliss-reactive ketones (excluding diaryl/α,β-unsaturated/α-hetero) is 2. The summed E-state index contributed by atoms with van der Waals surface area (Å²) in [6, 6.07) is 4.12. The van der Waals surface area contributed by atoms with Crippen molar-refractivity contribution in [3.8, 4) is 0 Å². The molecular weight excluding hydrogens is 275 g/mol. The van der Waals surface area contributed by atoms with E-state index in [4.69, 9.17) is 0 Å². The zero-order valence-electron chi connectivity index (χ0n) is 10.2. The largest absolute Gasteiger partial charge is 0.417 e. The van der Waals surface area contributed by atoms with E-state index in [0.717, 1.165) is 18.2 Å². The zero-order valence-corrected chi connectivity index (χ0v) is 10.2. The van der Waals surface area contributed by atoms with Crippen LogP contribution in [0.3, 0.4) is 0 Å². The summed E-state index contributed by atoms with van der Waals surface area (Å²) >= 11 is 0. The van der Waals surface area contributed by atoms with Gasteiger partial charge in [-0.2, -0.15) is 13.2 Å². The average molecular weight is 285 g/mol. The number of carbonyl (C=O) groups excluding carboxylic acids is 3. The molecule has 1 aliphatic rings. The van der Waals surface area contributed by atoms with E-state index in [1.54, 1.807) is 0 Å². The topological polar surface area (TPSA) is 63.2 Å². The molecule has 1 unspecified atom stereocenters. The molecule has 1 aromatic rings. The summed E-state index contributed by atoms with van der Waals surface area (Å²) in [7, 11) is 0. The number of rotatable bonds is 2. The summed E-state index contributed by atoms with van der Waals surface area (Å²) in [5.41, 5.74) is -1.80. The highest BCUT2D eigenvalue weighted by atomic mass is 19.4. The Balaban J connectivity index is 2.44. The lowest BCUT2D eigenvalue weighted by molar-refractivity contribution is -0.139. The van der Waals surface area contributed by atoms with Gasteiger partial charge in [-0.3, -0.25) is 14.4 Å². The van der Waals surface area contributed by atoms with E-state index in [2.05, 4.69) is 5.32 Å². The third kappa shape index (κ3) is 2.56. The van der Waals surface area contributed by atoms with Crippen molar-refractivity contribution in [1.82, 2.24) is 5.32 Å². The van der Waals surface area contributed by atoms with Gasteiger partial charge >= 0.3 is 6.18 Å². The number of hydrogen-bond donors (Lipinski definition) is 1. The summed E-state index contributed by atoms with van der Waals surface area (Å²) < 4.78 is 38.5. The van der Waals surface area contributed by atoms with Gasteiger partial charge in [-0.05, 0) is 6.07 Å². The first-order chi connectivity index (χ1) is 9.32. The van der Waals surface area contributed by atoms with Crippen LogP contribution in [0.2, 0.25) is 0 Å². The van der Waals surface area contributed by atoms with Crippen molar-refractivity contribution >= 4 is 17.5 Å². The second-order valence-electron chi connectivity index (χ2n) is 4.35. The maximum Gasteiger partial charge on any atom is 0.417 e. The molecule has 0 aromatic heterocycles. The summed E-state index contributed by atoms with van der Waals surface area (Å²) in [6.45, 7) is 0.0996. The Morgan fingerprint density at radius 2 is 1.85 bits per heavy atom. The molecule has 0 aliphatic carbocycles. The van der Waals surface area contributed by atoms with Crippen LogP contribution in [0, 0.1) is 5.92 Å². The highest BCUT2D eigenvalue weighted by molar-refractivity contribution is 6.24. The molecule has 1 heterocycles. The van der Waals surface area contributed by atoms with Crippen LogP contribution >= 0.6 is 0 Å². The average Bonchev–Trinajstić information content (AvgIpc) is 2.37. The summed E-state index contributed by atoms with van der Waals surface area (Å²) in [6.07, 6.45) is -4.78. The fourth-order valence-electron chi connectivity index (χ4n) is 2.07. The number of nitrogens with one attached hydrogen (secondary N) is 1. The SMILES string of the molecule is O=C1CCNC(=O)C1C(=O)c1ccccc1C(F)(F)F. The highest BCUT2D eigenvalue weighted by Gasteiger charge is 2.41. The zero-order chi connectivity index (χ0) is 14.9. The van der Waals surface area contributed by atoms with Gasteiger partial charge in [0.2, 0.25) is 5.91 Å². The predicted octanol–water partition coefficient (Wildman–Crippen LogP) is 1.59. The van der Waals surface area contributed by atoms with Gasteiger partial charge in [0, 0.05) is 18.5 Å². The first-order valence-corrected chi connectivity index (χ1v) is 5.83. The van der Waals surface area contributed by atoms with E-state index in [1.807, 2.05) is 0 Å². The Morgan fingerprint density at radius 1 is 1.20 bits per heavy atom. The maximum absolute atomic E-state index is 12.8. The van der Waals surface area contributed by atoms with Gasteiger partial charge in [0.1, 0.15) is 0 Å². The Kier molecular flexibility index (Phi) is 3.61. The van der Waals surface area contributed by atoms with Gasteiger partial charge in [0.05, 0.1) is 5.56 Å². The van der Waals surface area contributed by atoms with Gasteiger partial charge in [-0.15, -0.1) is 0 Å². The molecule has 2 rings (SSSR count). The van der Waals surface area contributed by atoms with Gasteiger partial charge in [-0.25, -0.2) is 0 Å². The van der Waals surface area contributed by atoms with Crippen molar-refractivity contribution in [2.75, 3.05) is 6.54 Å². The number of benzene rings is 1. The maximum atomic E-state index is 12.8. The number of piperidine rings is 1. The van der Waals surface area contributed by atoms with Crippen molar-refractivity contribution in [3.05, 3.63) is 35.4 Å². The normalized spacial score (nSPS) is 19.6. The first kappa shape index (κ1) is 14.2. The minimum Gasteiger partial charge on any atom is -0.355 e. The number of carbonyl (C=O) groups is 3. The van der Waals surface area contributed by atoms with E-state index in [0.29, 0.717) is 0 Å². The fourth-order valence-corrected chi connectivity index (χ4v) is 2.07. The smallest absolute Gasteiger partial charge is 0.355 e. The molecule has 1 amide bonds. The molecular formula is C13H10F3NO3. The molecule has 20 heavy (non-hydrogen) atoms. The molecule has 1 aliphatic heterocycles. The Labute approximate surface area is 112 Å². The second kappa shape index (κ2) is 5.07. The monoisotopic (exact) mass is 285 g/mol. The number of amides is 1.